The van der Waals surface area contributed by atoms with Gasteiger partial charge in [-0.05, 0) is 12.5 Å². The lowest BCUT2D eigenvalue weighted by Crippen LogP contribution is -2.15. The summed E-state index contributed by atoms with van der Waals surface area (Å²) in [6.07, 6.45) is 0. The zero-order chi connectivity index (χ0) is 9.35. The number of sulfone groups is 1. The average molecular weight is 190 g/mol. The molecule has 6 heteroatoms. The third-order valence-electron chi connectivity index (χ3n) is 1.50. The molecule has 12 heavy (non-hydrogen) atoms. The molecular weight excluding hydrogens is 180 g/mol. The maximum absolute atomic E-state index is 11.0. The first kappa shape index (κ1) is 9.05. The summed E-state index contributed by atoms with van der Waals surface area (Å²) < 4.78 is 26.7. The van der Waals surface area contributed by atoms with Crippen molar-refractivity contribution in [1.82, 2.24) is 0 Å². The van der Waals surface area contributed by atoms with Gasteiger partial charge in [-0.1, -0.05) is 0 Å². The highest BCUT2D eigenvalue weighted by atomic mass is 32.2. The van der Waals surface area contributed by atoms with Crippen LogP contribution >= 0.6 is 0 Å². The van der Waals surface area contributed by atoms with Crippen LogP contribution in [-0.4, -0.2) is 25.9 Å². The second-order valence-electron chi connectivity index (χ2n) is 2.70. The minimum atomic E-state index is -3.04. The van der Waals surface area contributed by atoms with Crippen molar-refractivity contribution in [2.45, 2.75) is 6.92 Å². The number of rotatable bonds is 1. The smallest absolute Gasteiger partial charge is 0.284 e. The molecule has 0 spiro atoms. The Morgan fingerprint density at radius 3 is 2.50 bits per heavy atom. The molecule has 0 radical (unpaired) electrons. The molecule has 0 unspecified atom stereocenters. The third kappa shape index (κ3) is 1.97. The van der Waals surface area contributed by atoms with E-state index in [1.807, 2.05) is 0 Å². The molecule has 68 valence electrons. The maximum atomic E-state index is 11.0. The van der Waals surface area contributed by atoms with Gasteiger partial charge in [-0.15, -0.1) is 0 Å². The van der Waals surface area contributed by atoms with Crippen molar-refractivity contribution in [3.05, 3.63) is 11.3 Å². The largest absolute Gasteiger partial charge is 0.430 e. The van der Waals surface area contributed by atoms with Gasteiger partial charge in [0.15, 0.2) is 9.84 Å². The quantitative estimate of drug-likeness (QED) is 0.434. The Labute approximate surface area is 70.6 Å². The molecule has 0 atom stereocenters. The van der Waals surface area contributed by atoms with Crippen LogP contribution in [0.3, 0.4) is 0 Å². The number of nitrogens with one attached hydrogen (secondary N) is 1. The molecule has 0 bridgehead atoms. The molecule has 0 saturated carbocycles. The van der Waals surface area contributed by atoms with Gasteiger partial charge in [-0.3, -0.25) is 5.41 Å². The van der Waals surface area contributed by atoms with E-state index < -0.39 is 15.9 Å². The second-order valence-corrected chi connectivity index (χ2v) is 4.77. The van der Waals surface area contributed by atoms with Crippen LogP contribution in [-0.2, 0) is 14.6 Å². The highest BCUT2D eigenvalue weighted by Crippen LogP contribution is 2.19. The summed E-state index contributed by atoms with van der Waals surface area (Å²) in [5.41, 5.74) is 5.58. The van der Waals surface area contributed by atoms with E-state index in [1.54, 1.807) is 6.92 Å². The van der Waals surface area contributed by atoms with E-state index in [9.17, 15) is 8.42 Å². The van der Waals surface area contributed by atoms with Gasteiger partial charge in [0.05, 0.1) is 5.75 Å². The molecular formula is C6H10N2O3S. The van der Waals surface area contributed by atoms with Crippen LogP contribution in [0.2, 0.25) is 0 Å². The molecule has 1 aliphatic rings. The molecule has 0 aromatic rings. The Morgan fingerprint density at radius 2 is 2.17 bits per heavy atom. The van der Waals surface area contributed by atoms with E-state index in [2.05, 4.69) is 0 Å². The van der Waals surface area contributed by atoms with Gasteiger partial charge in [-0.25, -0.2) is 8.42 Å². The second kappa shape index (κ2) is 2.78. The van der Waals surface area contributed by atoms with Crippen LogP contribution in [0.25, 0.3) is 0 Å². The predicted molar refractivity (Wildman–Crippen MR) is 44.4 cm³/mol. The van der Waals surface area contributed by atoms with Gasteiger partial charge in [-0.2, -0.15) is 0 Å². The van der Waals surface area contributed by atoms with E-state index in [1.165, 1.54) is 0 Å². The molecule has 1 heterocycles. The molecule has 5 nitrogen and oxygen atoms in total. The van der Waals surface area contributed by atoms with Crippen molar-refractivity contribution in [1.29, 1.82) is 5.41 Å². The minimum absolute atomic E-state index is 0.00954. The number of amidine groups is 1. The molecule has 0 aliphatic carbocycles. The van der Waals surface area contributed by atoms with Gasteiger partial charge in [0.2, 0.25) is 0 Å². The topological polar surface area (TPSA) is 93.2 Å². The predicted octanol–water partition coefficient (Wildman–Crippen LogP) is -0.401. The highest BCUT2D eigenvalue weighted by molar-refractivity contribution is 7.92. The summed E-state index contributed by atoms with van der Waals surface area (Å²) in [5, 5.41) is 6.81. The summed E-state index contributed by atoms with van der Waals surface area (Å²) >= 11 is 0. The lowest BCUT2D eigenvalue weighted by molar-refractivity contribution is 0.404. The lowest BCUT2D eigenvalue weighted by Gasteiger charge is -2.02. The Kier molecular flexibility index (Phi) is 2.10. The van der Waals surface area contributed by atoms with E-state index in [0.717, 1.165) is 0 Å². The maximum Gasteiger partial charge on any atom is 0.284 e. The van der Waals surface area contributed by atoms with Crippen LogP contribution in [0, 0.1) is 5.41 Å². The Bertz CT molecular complexity index is 342. The highest BCUT2D eigenvalue weighted by Gasteiger charge is 2.26. The summed E-state index contributed by atoms with van der Waals surface area (Å²) in [7, 11) is -3.04. The Balaban J connectivity index is 2.80. The third-order valence-corrected chi connectivity index (χ3v) is 3.07. The zero-order valence-corrected chi connectivity index (χ0v) is 7.44. The summed E-state index contributed by atoms with van der Waals surface area (Å²) in [5.74, 6) is 0.163. The number of hydrogen-bond donors (Lipinski definition) is 2. The molecule has 0 amide bonds. The SMILES string of the molecule is CC1=C(OC(=N)N)CS(=O)(=O)C1. The normalized spacial score (nSPS) is 21.1. The van der Waals surface area contributed by atoms with E-state index in [-0.39, 0.29) is 11.5 Å². The van der Waals surface area contributed by atoms with Crippen molar-refractivity contribution in [3.63, 3.8) is 0 Å². The first-order valence-electron chi connectivity index (χ1n) is 3.31. The van der Waals surface area contributed by atoms with Gasteiger partial charge in [0.1, 0.15) is 11.5 Å². The fraction of sp³-hybridized carbons (Fsp3) is 0.500. The molecule has 1 aliphatic heterocycles. The van der Waals surface area contributed by atoms with Crippen LogP contribution in [0.5, 0.6) is 0 Å². The number of ether oxygens (including phenoxy) is 1. The van der Waals surface area contributed by atoms with Crippen LogP contribution in [0.4, 0.5) is 0 Å². The van der Waals surface area contributed by atoms with E-state index in [4.69, 9.17) is 15.9 Å². The Morgan fingerprint density at radius 1 is 1.58 bits per heavy atom. The summed E-state index contributed by atoms with van der Waals surface area (Å²) in [6.45, 7) is 1.66. The zero-order valence-electron chi connectivity index (χ0n) is 6.62. The van der Waals surface area contributed by atoms with Crippen LogP contribution < -0.4 is 5.73 Å². The average Bonchev–Trinajstić information content (AvgIpc) is 2.03. The van der Waals surface area contributed by atoms with E-state index in [0.29, 0.717) is 11.3 Å². The van der Waals surface area contributed by atoms with Crippen molar-refractivity contribution in [2.24, 2.45) is 5.73 Å². The molecule has 0 saturated heterocycles. The standard InChI is InChI=1S/C6H10N2O3S/c1-4-2-12(9,10)3-5(4)11-6(7)8/h2-3H2,1H3,(H3,7,8). The fourth-order valence-corrected chi connectivity index (χ4v) is 2.66. The fourth-order valence-electron chi connectivity index (χ4n) is 1.03. The van der Waals surface area contributed by atoms with Crippen molar-refractivity contribution < 1.29 is 13.2 Å². The number of nitrogens with two attached hydrogens (primary N) is 1. The Hall–Kier alpha value is -1.04. The van der Waals surface area contributed by atoms with Gasteiger partial charge in [0.25, 0.3) is 6.02 Å². The van der Waals surface area contributed by atoms with Gasteiger partial charge in [0, 0.05) is 0 Å². The molecule has 1 rings (SSSR count). The lowest BCUT2D eigenvalue weighted by atomic mass is 10.3. The van der Waals surface area contributed by atoms with Gasteiger partial charge < -0.3 is 10.5 Å². The van der Waals surface area contributed by atoms with E-state index >= 15 is 0 Å². The van der Waals surface area contributed by atoms with Crippen molar-refractivity contribution in [3.8, 4) is 0 Å². The monoisotopic (exact) mass is 190 g/mol. The van der Waals surface area contributed by atoms with Gasteiger partial charge >= 0.3 is 0 Å². The summed E-state index contributed by atoms with van der Waals surface area (Å²) in [6, 6.07) is -0.471. The van der Waals surface area contributed by atoms with Crippen molar-refractivity contribution >= 4 is 15.9 Å². The first-order chi connectivity index (χ1) is 5.41. The molecule has 0 aromatic heterocycles. The molecule has 0 aromatic carbocycles. The minimum Gasteiger partial charge on any atom is -0.430 e. The van der Waals surface area contributed by atoms with Crippen LogP contribution in [0.1, 0.15) is 6.92 Å². The van der Waals surface area contributed by atoms with Crippen molar-refractivity contribution in [2.75, 3.05) is 11.5 Å². The molecule has 0 fully saturated rings. The molecule has 3 N–H and O–H groups in total. The van der Waals surface area contributed by atoms with Crippen LogP contribution in [0.15, 0.2) is 11.3 Å². The first-order valence-corrected chi connectivity index (χ1v) is 5.14. The number of hydrogen-bond acceptors (Lipinski definition) is 4. The summed E-state index contributed by atoms with van der Waals surface area (Å²) in [4.78, 5) is 0.